The SMILES string of the molecule is CCOC(=O)C1=C(CC)N(Cc2cccc(Cl)c2)C(=O)C[C@H]1c1ccccc1. The number of amides is 1. The molecule has 0 saturated heterocycles. The molecule has 1 atom stereocenters. The van der Waals surface area contributed by atoms with Gasteiger partial charge in [0.2, 0.25) is 5.91 Å². The maximum atomic E-state index is 13.1. The number of nitrogens with zero attached hydrogens (tertiary/aromatic N) is 1. The summed E-state index contributed by atoms with van der Waals surface area (Å²) in [5, 5.41) is 0.622. The predicted molar refractivity (Wildman–Crippen MR) is 110 cm³/mol. The number of ether oxygens (including phenoxy) is 1. The molecule has 0 aromatic heterocycles. The van der Waals surface area contributed by atoms with Crippen LogP contribution in [0.2, 0.25) is 5.02 Å². The quantitative estimate of drug-likeness (QED) is 0.638. The van der Waals surface area contributed by atoms with Crippen molar-refractivity contribution >= 4 is 23.5 Å². The Hall–Kier alpha value is -2.59. The van der Waals surface area contributed by atoms with Gasteiger partial charge in [0.25, 0.3) is 0 Å². The first-order chi connectivity index (χ1) is 13.5. The van der Waals surface area contributed by atoms with Gasteiger partial charge in [-0.15, -0.1) is 0 Å². The molecule has 1 amide bonds. The first-order valence-electron chi connectivity index (χ1n) is 9.55. The van der Waals surface area contributed by atoms with Gasteiger partial charge in [0.15, 0.2) is 0 Å². The summed E-state index contributed by atoms with van der Waals surface area (Å²) in [6, 6.07) is 17.1. The molecular weight excluding hydrogens is 374 g/mol. The van der Waals surface area contributed by atoms with E-state index in [4.69, 9.17) is 16.3 Å². The Balaban J connectivity index is 2.07. The highest BCUT2D eigenvalue weighted by Gasteiger charge is 2.37. The molecule has 28 heavy (non-hydrogen) atoms. The van der Waals surface area contributed by atoms with Crippen LogP contribution in [0.3, 0.4) is 0 Å². The highest BCUT2D eigenvalue weighted by atomic mass is 35.5. The number of rotatable bonds is 6. The molecule has 2 aromatic rings. The molecule has 0 bridgehead atoms. The van der Waals surface area contributed by atoms with Crippen molar-refractivity contribution in [2.24, 2.45) is 0 Å². The van der Waals surface area contributed by atoms with E-state index >= 15 is 0 Å². The van der Waals surface area contributed by atoms with Crippen LogP contribution in [0.25, 0.3) is 0 Å². The third-order valence-corrected chi connectivity index (χ3v) is 5.16. The topological polar surface area (TPSA) is 46.6 Å². The maximum absolute atomic E-state index is 13.1. The molecule has 1 heterocycles. The summed E-state index contributed by atoms with van der Waals surface area (Å²) < 4.78 is 5.36. The van der Waals surface area contributed by atoms with E-state index in [-0.39, 0.29) is 24.2 Å². The van der Waals surface area contributed by atoms with E-state index in [0.717, 1.165) is 16.8 Å². The fourth-order valence-electron chi connectivity index (χ4n) is 3.71. The van der Waals surface area contributed by atoms with E-state index in [0.29, 0.717) is 30.2 Å². The number of esters is 1. The Bertz CT molecular complexity index is 892. The fraction of sp³-hybridized carbons (Fsp3) is 0.304. The Morgan fingerprint density at radius 3 is 2.54 bits per heavy atom. The lowest BCUT2D eigenvalue weighted by molar-refractivity contribution is -0.140. The molecule has 0 N–H and O–H groups in total. The molecule has 0 spiro atoms. The van der Waals surface area contributed by atoms with Crippen molar-refractivity contribution in [1.82, 2.24) is 4.90 Å². The zero-order chi connectivity index (χ0) is 20.1. The molecule has 3 rings (SSSR count). The number of hydrogen-bond donors (Lipinski definition) is 0. The van der Waals surface area contributed by atoms with Gasteiger partial charge in [-0.2, -0.15) is 0 Å². The highest BCUT2D eigenvalue weighted by Crippen LogP contribution is 2.39. The van der Waals surface area contributed by atoms with E-state index in [1.807, 2.05) is 55.5 Å². The van der Waals surface area contributed by atoms with Gasteiger partial charge in [-0.3, -0.25) is 4.79 Å². The van der Waals surface area contributed by atoms with E-state index < -0.39 is 0 Å². The van der Waals surface area contributed by atoms with Gasteiger partial charge in [-0.05, 0) is 36.6 Å². The minimum absolute atomic E-state index is 0.00118. The standard InChI is InChI=1S/C23H24ClNO3/c1-3-20-22(23(27)28-4-2)19(17-10-6-5-7-11-17)14-21(26)25(20)15-16-9-8-12-18(24)13-16/h5-13,19H,3-4,14-15H2,1-2H3/t19-/m0/s1. The lowest BCUT2D eigenvalue weighted by atomic mass is 9.83. The van der Waals surface area contributed by atoms with Crippen molar-refractivity contribution in [2.45, 2.75) is 39.2 Å². The van der Waals surface area contributed by atoms with Gasteiger partial charge in [0.05, 0.1) is 18.7 Å². The van der Waals surface area contributed by atoms with Crippen LogP contribution < -0.4 is 0 Å². The van der Waals surface area contributed by atoms with Gasteiger partial charge < -0.3 is 9.64 Å². The second kappa shape index (κ2) is 9.07. The Labute approximate surface area is 170 Å². The van der Waals surface area contributed by atoms with Crippen LogP contribution in [0.5, 0.6) is 0 Å². The van der Waals surface area contributed by atoms with Crippen molar-refractivity contribution < 1.29 is 14.3 Å². The summed E-state index contributed by atoms with van der Waals surface area (Å²) in [7, 11) is 0. The van der Waals surface area contributed by atoms with Crippen molar-refractivity contribution in [2.75, 3.05) is 6.61 Å². The maximum Gasteiger partial charge on any atom is 0.336 e. The van der Waals surface area contributed by atoms with Gasteiger partial charge in [-0.1, -0.05) is 61.0 Å². The summed E-state index contributed by atoms with van der Waals surface area (Å²) in [6.45, 7) is 4.43. The number of carbonyl (C=O) groups is 2. The molecule has 1 aliphatic heterocycles. The van der Waals surface area contributed by atoms with Crippen LogP contribution in [0.1, 0.15) is 43.7 Å². The van der Waals surface area contributed by atoms with Gasteiger partial charge in [0.1, 0.15) is 0 Å². The van der Waals surface area contributed by atoms with Crippen LogP contribution in [0, 0.1) is 0 Å². The number of benzene rings is 2. The third-order valence-electron chi connectivity index (χ3n) is 4.93. The summed E-state index contributed by atoms with van der Waals surface area (Å²) in [6.07, 6.45) is 0.798. The number of carbonyl (C=O) groups excluding carboxylic acids is 2. The molecule has 5 heteroatoms. The van der Waals surface area contributed by atoms with E-state index in [1.54, 1.807) is 17.9 Å². The molecule has 0 radical (unpaired) electrons. The minimum atomic E-state index is -0.350. The fourth-order valence-corrected chi connectivity index (χ4v) is 3.92. The third kappa shape index (κ3) is 4.28. The number of allylic oxidation sites excluding steroid dienone is 1. The molecule has 0 unspecified atom stereocenters. The first-order valence-corrected chi connectivity index (χ1v) is 9.92. The average molecular weight is 398 g/mol. The largest absolute Gasteiger partial charge is 0.463 e. The van der Waals surface area contributed by atoms with Crippen molar-refractivity contribution in [1.29, 1.82) is 0 Å². The highest BCUT2D eigenvalue weighted by molar-refractivity contribution is 6.30. The lowest BCUT2D eigenvalue weighted by Crippen LogP contribution is -2.38. The van der Waals surface area contributed by atoms with Gasteiger partial charge in [0, 0.05) is 23.1 Å². The van der Waals surface area contributed by atoms with Gasteiger partial charge >= 0.3 is 5.97 Å². The first kappa shape index (κ1) is 20.2. The minimum Gasteiger partial charge on any atom is -0.463 e. The second-order valence-electron chi connectivity index (χ2n) is 6.71. The molecule has 146 valence electrons. The lowest BCUT2D eigenvalue weighted by Gasteiger charge is -2.35. The zero-order valence-electron chi connectivity index (χ0n) is 16.2. The van der Waals surface area contributed by atoms with Crippen LogP contribution in [0.4, 0.5) is 0 Å². The van der Waals surface area contributed by atoms with E-state index in [1.165, 1.54) is 0 Å². The van der Waals surface area contributed by atoms with Crippen LogP contribution >= 0.6 is 11.6 Å². The van der Waals surface area contributed by atoms with Crippen LogP contribution in [0.15, 0.2) is 65.9 Å². The molecule has 4 nitrogen and oxygen atoms in total. The molecular formula is C23H24ClNO3. The van der Waals surface area contributed by atoms with E-state index in [2.05, 4.69) is 0 Å². The Morgan fingerprint density at radius 1 is 1.14 bits per heavy atom. The molecule has 1 aliphatic rings. The second-order valence-corrected chi connectivity index (χ2v) is 7.15. The number of hydrogen-bond acceptors (Lipinski definition) is 3. The van der Waals surface area contributed by atoms with Crippen LogP contribution in [-0.4, -0.2) is 23.4 Å². The summed E-state index contributed by atoms with van der Waals surface area (Å²) in [5.41, 5.74) is 3.18. The summed E-state index contributed by atoms with van der Waals surface area (Å²) in [4.78, 5) is 27.6. The van der Waals surface area contributed by atoms with Crippen molar-refractivity contribution in [3.05, 3.63) is 82.0 Å². The van der Waals surface area contributed by atoms with E-state index in [9.17, 15) is 9.59 Å². The molecule has 0 aliphatic carbocycles. The molecule has 0 saturated carbocycles. The zero-order valence-corrected chi connectivity index (χ0v) is 16.9. The van der Waals surface area contributed by atoms with Gasteiger partial charge in [-0.25, -0.2) is 4.79 Å². The molecule has 0 fully saturated rings. The van der Waals surface area contributed by atoms with Crippen molar-refractivity contribution in [3.8, 4) is 0 Å². The summed E-state index contributed by atoms with van der Waals surface area (Å²) >= 11 is 6.10. The van der Waals surface area contributed by atoms with Crippen molar-refractivity contribution in [3.63, 3.8) is 0 Å². The van der Waals surface area contributed by atoms with Crippen LogP contribution in [-0.2, 0) is 20.9 Å². The smallest absolute Gasteiger partial charge is 0.336 e. The number of halogens is 1. The Kier molecular flexibility index (Phi) is 6.53. The molecule has 2 aromatic carbocycles. The average Bonchev–Trinajstić information content (AvgIpc) is 2.69. The Morgan fingerprint density at radius 2 is 1.89 bits per heavy atom. The summed E-state index contributed by atoms with van der Waals surface area (Å²) in [5.74, 6) is -0.645. The predicted octanol–water partition coefficient (Wildman–Crippen LogP) is 5.08. The monoisotopic (exact) mass is 397 g/mol. The normalized spacial score (nSPS) is 17.0.